The fraction of sp³-hybridized carbons (Fsp3) is 0.692. The van der Waals surface area contributed by atoms with Crippen LogP contribution in [0, 0.1) is 17.3 Å². The first-order chi connectivity index (χ1) is 14.8. The van der Waals surface area contributed by atoms with Gasteiger partial charge in [0.1, 0.15) is 5.75 Å². The Morgan fingerprint density at radius 2 is 1.97 bits per heavy atom. The summed E-state index contributed by atoms with van der Waals surface area (Å²) in [4.78, 5) is 24.2. The van der Waals surface area contributed by atoms with Gasteiger partial charge in [-0.25, -0.2) is 0 Å². The Morgan fingerprint density at radius 1 is 1.19 bits per heavy atom. The monoisotopic (exact) mass is 430 g/mol. The van der Waals surface area contributed by atoms with E-state index >= 15 is 0 Å². The number of fused-ring (bicyclic) bond motifs is 2. The molecule has 0 saturated carbocycles. The van der Waals surface area contributed by atoms with Crippen LogP contribution in [0.2, 0.25) is 0 Å². The molecule has 1 heterocycles. The van der Waals surface area contributed by atoms with Crippen molar-refractivity contribution in [1.82, 2.24) is 0 Å². The van der Waals surface area contributed by atoms with Crippen LogP contribution in [0.15, 0.2) is 24.3 Å². The molecule has 1 aliphatic rings. The van der Waals surface area contributed by atoms with E-state index in [-0.39, 0.29) is 42.1 Å². The lowest BCUT2D eigenvalue weighted by Crippen LogP contribution is -2.29. The van der Waals surface area contributed by atoms with Crippen molar-refractivity contribution in [3.05, 3.63) is 29.8 Å². The van der Waals surface area contributed by atoms with Gasteiger partial charge in [0.25, 0.3) is 0 Å². The van der Waals surface area contributed by atoms with Crippen LogP contribution in [0.25, 0.3) is 0 Å². The third-order valence-corrected chi connectivity index (χ3v) is 6.94. The SMILES string of the molecule is CCCCCCC1(CC)CC(C)C[C@@H](CC(N)=O)CC(=O)Oc2cccc(c2)[C@@H](N)C1. The van der Waals surface area contributed by atoms with E-state index in [2.05, 4.69) is 20.8 Å². The van der Waals surface area contributed by atoms with Gasteiger partial charge in [0.15, 0.2) is 0 Å². The van der Waals surface area contributed by atoms with E-state index in [4.69, 9.17) is 16.2 Å². The summed E-state index contributed by atoms with van der Waals surface area (Å²) in [5.74, 6) is 0.129. The standard InChI is InChI=1S/C26H42N2O3/c1-4-6-7-8-12-26(5-2)17-19(3)13-20(14-24(28)29)15-25(30)31-22-11-9-10-21(16-22)23(27)18-26/h9-11,16,19-20,23H,4-8,12-15,17-18,27H2,1-3H3,(H2,28,29)/t19?,20-,23-,26?/m0/s1. The number of amides is 1. The molecular formula is C26H42N2O3. The second kappa shape index (κ2) is 12.2. The number of ether oxygens (including phenoxy) is 1. The van der Waals surface area contributed by atoms with Gasteiger partial charge < -0.3 is 16.2 Å². The highest BCUT2D eigenvalue weighted by Crippen LogP contribution is 2.44. The molecule has 1 aliphatic heterocycles. The van der Waals surface area contributed by atoms with Gasteiger partial charge in [-0.05, 0) is 60.6 Å². The van der Waals surface area contributed by atoms with Gasteiger partial charge >= 0.3 is 5.97 Å². The van der Waals surface area contributed by atoms with E-state index in [1.54, 1.807) is 6.07 Å². The fourth-order valence-corrected chi connectivity index (χ4v) is 5.40. The lowest BCUT2D eigenvalue weighted by Gasteiger charge is -2.38. The van der Waals surface area contributed by atoms with E-state index in [9.17, 15) is 9.59 Å². The van der Waals surface area contributed by atoms with E-state index in [0.29, 0.717) is 11.7 Å². The zero-order valence-electron chi connectivity index (χ0n) is 19.7. The molecule has 174 valence electrons. The van der Waals surface area contributed by atoms with Crippen molar-refractivity contribution in [2.45, 2.75) is 97.4 Å². The van der Waals surface area contributed by atoms with Crippen molar-refractivity contribution in [3.8, 4) is 5.75 Å². The first-order valence-corrected chi connectivity index (χ1v) is 12.1. The number of carbonyl (C=O) groups excluding carboxylic acids is 2. The summed E-state index contributed by atoms with van der Waals surface area (Å²) in [5, 5.41) is 0. The summed E-state index contributed by atoms with van der Waals surface area (Å²) in [5.41, 5.74) is 13.4. The number of hydrogen-bond donors (Lipinski definition) is 2. The third kappa shape index (κ3) is 8.29. The molecule has 5 nitrogen and oxygen atoms in total. The number of unbranched alkanes of at least 4 members (excludes halogenated alkanes) is 3. The van der Waals surface area contributed by atoms with E-state index in [0.717, 1.165) is 37.7 Å². The summed E-state index contributed by atoms with van der Waals surface area (Å²) in [6, 6.07) is 7.51. The van der Waals surface area contributed by atoms with E-state index in [1.165, 1.54) is 25.7 Å². The number of nitrogens with two attached hydrogens (primary N) is 2. The Morgan fingerprint density at radius 3 is 2.65 bits per heavy atom. The molecule has 0 fully saturated rings. The minimum absolute atomic E-state index is 0.0905. The summed E-state index contributed by atoms with van der Waals surface area (Å²) >= 11 is 0. The zero-order valence-corrected chi connectivity index (χ0v) is 19.7. The van der Waals surface area contributed by atoms with Crippen molar-refractivity contribution in [2.75, 3.05) is 0 Å². The molecule has 5 heteroatoms. The maximum absolute atomic E-state index is 12.6. The molecule has 2 rings (SSSR count). The van der Waals surface area contributed by atoms with Gasteiger partial charge in [-0.1, -0.05) is 65.0 Å². The maximum atomic E-state index is 12.6. The number of hydrogen-bond acceptors (Lipinski definition) is 4. The first kappa shape index (κ1) is 25.4. The normalized spacial score (nSPS) is 27.5. The van der Waals surface area contributed by atoms with Crippen molar-refractivity contribution in [1.29, 1.82) is 0 Å². The molecule has 0 radical (unpaired) electrons. The van der Waals surface area contributed by atoms with Gasteiger partial charge in [0.05, 0.1) is 0 Å². The smallest absolute Gasteiger partial charge is 0.311 e. The molecule has 2 unspecified atom stereocenters. The Kier molecular flexibility index (Phi) is 10.0. The van der Waals surface area contributed by atoms with Crippen molar-refractivity contribution >= 4 is 11.9 Å². The third-order valence-electron chi connectivity index (χ3n) is 6.94. The lowest BCUT2D eigenvalue weighted by molar-refractivity contribution is -0.135. The van der Waals surface area contributed by atoms with Crippen LogP contribution in [0.1, 0.15) is 103 Å². The predicted octanol–water partition coefficient (Wildman–Crippen LogP) is 5.66. The van der Waals surface area contributed by atoms with Crippen LogP contribution in [0.3, 0.4) is 0 Å². The quantitative estimate of drug-likeness (QED) is 0.316. The molecule has 1 aromatic rings. The average molecular weight is 431 g/mol. The largest absolute Gasteiger partial charge is 0.427 e. The first-order valence-electron chi connectivity index (χ1n) is 12.1. The fourth-order valence-electron chi connectivity index (χ4n) is 5.40. The molecule has 0 saturated heterocycles. The molecule has 1 aromatic carbocycles. The highest BCUT2D eigenvalue weighted by Gasteiger charge is 2.33. The van der Waals surface area contributed by atoms with Gasteiger partial charge in [0, 0.05) is 18.9 Å². The minimum Gasteiger partial charge on any atom is -0.427 e. The molecule has 0 spiro atoms. The second-order valence-electron chi connectivity index (χ2n) is 9.81. The van der Waals surface area contributed by atoms with Crippen LogP contribution in [0.5, 0.6) is 5.75 Å². The van der Waals surface area contributed by atoms with E-state index < -0.39 is 0 Å². The Hall–Kier alpha value is -1.88. The second-order valence-corrected chi connectivity index (χ2v) is 9.81. The molecule has 0 aromatic heterocycles. The zero-order chi connectivity index (χ0) is 22.9. The van der Waals surface area contributed by atoms with Crippen LogP contribution in [-0.2, 0) is 9.59 Å². The summed E-state index contributed by atoms with van der Waals surface area (Å²) in [7, 11) is 0. The average Bonchev–Trinajstić information content (AvgIpc) is 2.70. The molecule has 1 amide bonds. The van der Waals surface area contributed by atoms with Gasteiger partial charge in [-0.15, -0.1) is 0 Å². The van der Waals surface area contributed by atoms with Crippen LogP contribution in [0.4, 0.5) is 0 Å². The Balaban J connectivity index is 2.33. The van der Waals surface area contributed by atoms with Gasteiger partial charge in [-0.3, -0.25) is 9.59 Å². The molecule has 4 atom stereocenters. The summed E-state index contributed by atoms with van der Waals surface area (Å²) in [6.45, 7) is 6.75. The van der Waals surface area contributed by atoms with Gasteiger partial charge in [-0.2, -0.15) is 0 Å². The number of esters is 1. The highest BCUT2D eigenvalue weighted by atomic mass is 16.5. The Labute approximate surface area is 188 Å². The van der Waals surface area contributed by atoms with Crippen molar-refractivity contribution in [2.24, 2.45) is 28.7 Å². The number of rotatable bonds is 8. The molecule has 4 N–H and O–H groups in total. The Bertz CT molecular complexity index is 720. The molecule has 0 aliphatic carbocycles. The maximum Gasteiger partial charge on any atom is 0.311 e. The summed E-state index contributed by atoms with van der Waals surface area (Å²) in [6.07, 6.45) is 10.4. The van der Waals surface area contributed by atoms with Gasteiger partial charge in [0.2, 0.25) is 5.91 Å². The van der Waals surface area contributed by atoms with E-state index in [1.807, 2.05) is 18.2 Å². The number of benzene rings is 1. The van der Waals surface area contributed by atoms with Crippen LogP contribution >= 0.6 is 0 Å². The van der Waals surface area contributed by atoms with Crippen molar-refractivity contribution < 1.29 is 14.3 Å². The molecule has 31 heavy (non-hydrogen) atoms. The highest BCUT2D eigenvalue weighted by molar-refractivity contribution is 5.76. The van der Waals surface area contributed by atoms with Crippen molar-refractivity contribution in [3.63, 3.8) is 0 Å². The predicted molar refractivity (Wildman–Crippen MR) is 125 cm³/mol. The molecule has 2 bridgehead atoms. The van der Waals surface area contributed by atoms with Crippen LogP contribution in [-0.4, -0.2) is 11.9 Å². The topological polar surface area (TPSA) is 95.4 Å². The lowest BCUT2D eigenvalue weighted by atomic mass is 9.68. The minimum atomic E-state index is -0.361. The summed E-state index contributed by atoms with van der Waals surface area (Å²) < 4.78 is 5.59. The van der Waals surface area contributed by atoms with Crippen LogP contribution < -0.4 is 16.2 Å². The molecular weight excluding hydrogens is 388 g/mol. The number of primary amides is 1. The number of carbonyl (C=O) groups is 2.